The first kappa shape index (κ1) is 10.8. The van der Waals surface area contributed by atoms with E-state index >= 15 is 0 Å². The van der Waals surface area contributed by atoms with Gasteiger partial charge in [0.25, 0.3) is 0 Å². The third-order valence-electron chi connectivity index (χ3n) is 3.14. The highest BCUT2D eigenvalue weighted by Gasteiger charge is 2.19. The number of nitrogens with zero attached hydrogens (tertiary/aromatic N) is 1. The molecule has 0 bridgehead atoms. The Kier molecular flexibility index (Phi) is 3.49. The number of piperidine rings is 1. The summed E-state index contributed by atoms with van der Waals surface area (Å²) in [6, 6.07) is 8.05. The Labute approximate surface area is 96.0 Å². The van der Waals surface area contributed by atoms with Crippen LogP contribution < -0.4 is 10.6 Å². The van der Waals surface area contributed by atoms with E-state index in [0.29, 0.717) is 5.92 Å². The molecule has 2 N–H and O–H groups in total. The highest BCUT2D eigenvalue weighted by atomic mass is 35.5. The highest BCUT2D eigenvalue weighted by molar-refractivity contribution is 6.33. The van der Waals surface area contributed by atoms with E-state index in [2.05, 4.69) is 11.0 Å². The first-order chi connectivity index (χ1) is 7.31. The molecule has 0 unspecified atom stereocenters. The van der Waals surface area contributed by atoms with Crippen molar-refractivity contribution in [3.05, 3.63) is 29.3 Å². The molecule has 1 aromatic rings. The number of halogens is 1. The number of nitrogens with two attached hydrogens (primary N) is 1. The van der Waals surface area contributed by atoms with E-state index in [1.165, 1.54) is 12.8 Å². The fourth-order valence-electron chi connectivity index (χ4n) is 2.12. The van der Waals surface area contributed by atoms with Crippen molar-refractivity contribution in [2.45, 2.75) is 12.8 Å². The third kappa shape index (κ3) is 2.44. The van der Waals surface area contributed by atoms with Crippen molar-refractivity contribution in [1.82, 2.24) is 0 Å². The average Bonchev–Trinajstić information content (AvgIpc) is 2.30. The molecule has 1 aliphatic heterocycles. The molecule has 1 aromatic carbocycles. The van der Waals surface area contributed by atoms with Crippen LogP contribution in [0.3, 0.4) is 0 Å². The number of benzene rings is 1. The molecule has 0 radical (unpaired) electrons. The first-order valence-corrected chi connectivity index (χ1v) is 5.88. The van der Waals surface area contributed by atoms with Gasteiger partial charge in [0, 0.05) is 13.1 Å². The first-order valence-electron chi connectivity index (χ1n) is 5.51. The van der Waals surface area contributed by atoms with Crippen LogP contribution in [0.15, 0.2) is 24.3 Å². The molecule has 2 rings (SSSR count). The second-order valence-electron chi connectivity index (χ2n) is 4.12. The summed E-state index contributed by atoms with van der Waals surface area (Å²) in [5, 5.41) is 0.851. The zero-order chi connectivity index (χ0) is 10.7. The predicted molar refractivity (Wildman–Crippen MR) is 65.4 cm³/mol. The summed E-state index contributed by atoms with van der Waals surface area (Å²) in [4.78, 5) is 2.36. The summed E-state index contributed by atoms with van der Waals surface area (Å²) in [6.45, 7) is 2.97. The minimum Gasteiger partial charge on any atom is -0.370 e. The normalized spacial score (nSPS) is 18.1. The molecule has 0 amide bonds. The minimum atomic E-state index is 0.698. The lowest BCUT2D eigenvalue weighted by Crippen LogP contribution is -2.36. The molecule has 0 atom stereocenters. The number of hydrogen-bond acceptors (Lipinski definition) is 2. The Bertz CT molecular complexity index is 319. The lowest BCUT2D eigenvalue weighted by molar-refractivity contribution is 0.414. The van der Waals surface area contributed by atoms with Gasteiger partial charge < -0.3 is 10.6 Å². The molecule has 0 saturated carbocycles. The Morgan fingerprint density at radius 1 is 1.27 bits per heavy atom. The summed E-state index contributed by atoms with van der Waals surface area (Å²) in [5.41, 5.74) is 6.83. The zero-order valence-electron chi connectivity index (χ0n) is 8.82. The molecule has 82 valence electrons. The van der Waals surface area contributed by atoms with Crippen LogP contribution in [0.2, 0.25) is 5.02 Å². The van der Waals surface area contributed by atoms with E-state index in [-0.39, 0.29) is 0 Å². The van der Waals surface area contributed by atoms with Crippen LogP contribution in [0, 0.1) is 5.92 Å². The van der Waals surface area contributed by atoms with Gasteiger partial charge in [0.15, 0.2) is 0 Å². The number of hydrogen-bond donors (Lipinski definition) is 1. The molecule has 0 aromatic heterocycles. The van der Waals surface area contributed by atoms with E-state index < -0.39 is 0 Å². The number of rotatable bonds is 2. The van der Waals surface area contributed by atoms with Gasteiger partial charge >= 0.3 is 0 Å². The minimum absolute atomic E-state index is 0.698. The molecule has 1 saturated heterocycles. The molecule has 0 aliphatic carbocycles. The van der Waals surface area contributed by atoms with E-state index in [1.807, 2.05) is 18.2 Å². The van der Waals surface area contributed by atoms with Crippen molar-refractivity contribution in [2.75, 3.05) is 24.5 Å². The van der Waals surface area contributed by atoms with Gasteiger partial charge in [-0.25, -0.2) is 0 Å². The van der Waals surface area contributed by atoms with Crippen molar-refractivity contribution in [1.29, 1.82) is 0 Å². The molecule has 15 heavy (non-hydrogen) atoms. The van der Waals surface area contributed by atoms with Crippen LogP contribution >= 0.6 is 11.6 Å². The topological polar surface area (TPSA) is 29.3 Å². The molecule has 2 nitrogen and oxygen atoms in total. The van der Waals surface area contributed by atoms with Crippen LogP contribution in [0.1, 0.15) is 12.8 Å². The second-order valence-corrected chi connectivity index (χ2v) is 4.52. The monoisotopic (exact) mass is 224 g/mol. The molecular formula is C12H17ClN2. The summed E-state index contributed by atoms with van der Waals surface area (Å²) in [7, 11) is 0. The van der Waals surface area contributed by atoms with Gasteiger partial charge in [-0.1, -0.05) is 23.7 Å². The summed E-state index contributed by atoms with van der Waals surface area (Å²) < 4.78 is 0. The van der Waals surface area contributed by atoms with Gasteiger partial charge in [-0.2, -0.15) is 0 Å². The van der Waals surface area contributed by atoms with E-state index in [1.54, 1.807) is 0 Å². The van der Waals surface area contributed by atoms with Gasteiger partial charge in [0.2, 0.25) is 0 Å². The second kappa shape index (κ2) is 4.86. The maximum absolute atomic E-state index is 6.16. The van der Waals surface area contributed by atoms with Crippen molar-refractivity contribution in [2.24, 2.45) is 11.7 Å². The molecule has 0 spiro atoms. The molecule has 1 aliphatic rings. The maximum atomic E-state index is 6.16. The van der Waals surface area contributed by atoms with Crippen LogP contribution in [0.5, 0.6) is 0 Å². The van der Waals surface area contributed by atoms with Crippen LogP contribution in [-0.2, 0) is 0 Å². The van der Waals surface area contributed by atoms with Gasteiger partial charge in [-0.3, -0.25) is 0 Å². The lowest BCUT2D eigenvalue weighted by Gasteiger charge is -2.33. The smallest absolute Gasteiger partial charge is 0.0639 e. The SMILES string of the molecule is NCC1CCN(c2ccccc2Cl)CC1. The van der Waals surface area contributed by atoms with Crippen molar-refractivity contribution < 1.29 is 0 Å². The van der Waals surface area contributed by atoms with Gasteiger partial charge in [0.1, 0.15) is 0 Å². The van der Waals surface area contributed by atoms with Crippen LogP contribution in [0.4, 0.5) is 5.69 Å². The van der Waals surface area contributed by atoms with Crippen molar-refractivity contribution in [3.63, 3.8) is 0 Å². The fraction of sp³-hybridized carbons (Fsp3) is 0.500. The number of anilines is 1. The highest BCUT2D eigenvalue weighted by Crippen LogP contribution is 2.28. The van der Waals surface area contributed by atoms with E-state index in [4.69, 9.17) is 17.3 Å². The Morgan fingerprint density at radius 2 is 1.93 bits per heavy atom. The largest absolute Gasteiger partial charge is 0.370 e. The van der Waals surface area contributed by atoms with Crippen molar-refractivity contribution in [3.8, 4) is 0 Å². The van der Waals surface area contributed by atoms with Crippen LogP contribution in [0.25, 0.3) is 0 Å². The summed E-state index contributed by atoms with van der Waals surface area (Å²) in [5.74, 6) is 0.698. The Hall–Kier alpha value is -0.730. The quantitative estimate of drug-likeness (QED) is 0.837. The Morgan fingerprint density at radius 3 is 2.53 bits per heavy atom. The number of para-hydroxylation sites is 1. The maximum Gasteiger partial charge on any atom is 0.0639 e. The van der Waals surface area contributed by atoms with Gasteiger partial charge in [0.05, 0.1) is 10.7 Å². The summed E-state index contributed by atoms with van der Waals surface area (Å²) in [6.07, 6.45) is 2.36. The van der Waals surface area contributed by atoms with Gasteiger partial charge in [-0.15, -0.1) is 0 Å². The van der Waals surface area contributed by atoms with Crippen LogP contribution in [-0.4, -0.2) is 19.6 Å². The predicted octanol–water partition coefficient (Wildman–Crippen LogP) is 2.52. The molecule has 3 heteroatoms. The van der Waals surface area contributed by atoms with Crippen molar-refractivity contribution >= 4 is 17.3 Å². The summed E-state index contributed by atoms with van der Waals surface area (Å²) >= 11 is 6.16. The lowest BCUT2D eigenvalue weighted by atomic mass is 9.97. The zero-order valence-corrected chi connectivity index (χ0v) is 9.58. The fourth-order valence-corrected chi connectivity index (χ4v) is 2.37. The molecule has 1 heterocycles. The van der Waals surface area contributed by atoms with E-state index in [9.17, 15) is 0 Å². The standard InChI is InChI=1S/C12H17ClN2/c13-11-3-1-2-4-12(11)15-7-5-10(9-14)6-8-15/h1-4,10H,5-9,14H2. The Balaban J connectivity index is 2.04. The average molecular weight is 225 g/mol. The molecular weight excluding hydrogens is 208 g/mol. The van der Waals surface area contributed by atoms with Gasteiger partial charge in [-0.05, 0) is 37.4 Å². The molecule has 1 fully saturated rings. The van der Waals surface area contributed by atoms with E-state index in [0.717, 1.165) is 30.3 Å². The third-order valence-corrected chi connectivity index (χ3v) is 3.46.